The molecule has 2 aliphatic rings. The van der Waals surface area contributed by atoms with Gasteiger partial charge in [0.05, 0.1) is 5.92 Å². The third-order valence-electron chi connectivity index (χ3n) is 4.55. The van der Waals surface area contributed by atoms with Gasteiger partial charge in [-0.1, -0.05) is 26.2 Å². The largest absolute Gasteiger partial charge is 0.353 e. The number of amides is 2. The standard InChI is InChI=1S/C15H26N2O2/c1-3-11(2)16-15(19)12-9-14(18)17(10-12)13-7-5-4-6-8-13/h11-13H,3-10H2,1-2H3,(H,16,19)/t11-,12-/m1/s1. The Balaban J connectivity index is 1.89. The lowest BCUT2D eigenvalue weighted by Crippen LogP contribution is -2.40. The molecule has 1 saturated carbocycles. The van der Waals surface area contributed by atoms with Crippen molar-refractivity contribution in [1.82, 2.24) is 10.2 Å². The van der Waals surface area contributed by atoms with Gasteiger partial charge in [0, 0.05) is 25.0 Å². The molecule has 1 N–H and O–H groups in total. The molecule has 0 spiro atoms. The lowest BCUT2D eigenvalue weighted by Gasteiger charge is -2.31. The van der Waals surface area contributed by atoms with E-state index in [1.54, 1.807) is 0 Å². The lowest BCUT2D eigenvalue weighted by atomic mass is 9.94. The van der Waals surface area contributed by atoms with Crippen LogP contribution in [0.25, 0.3) is 0 Å². The van der Waals surface area contributed by atoms with Gasteiger partial charge in [-0.05, 0) is 26.2 Å². The average Bonchev–Trinajstić information content (AvgIpc) is 2.82. The van der Waals surface area contributed by atoms with Gasteiger partial charge in [0.15, 0.2) is 0 Å². The van der Waals surface area contributed by atoms with Crippen molar-refractivity contribution < 1.29 is 9.59 Å². The lowest BCUT2D eigenvalue weighted by molar-refractivity contribution is -0.130. The summed E-state index contributed by atoms with van der Waals surface area (Å²) in [6.07, 6.45) is 7.29. The molecule has 2 amide bonds. The topological polar surface area (TPSA) is 49.4 Å². The van der Waals surface area contributed by atoms with Crippen molar-refractivity contribution in [2.24, 2.45) is 5.92 Å². The molecule has 1 aliphatic heterocycles. The average molecular weight is 266 g/mol. The van der Waals surface area contributed by atoms with Crippen molar-refractivity contribution in [3.63, 3.8) is 0 Å². The van der Waals surface area contributed by atoms with Crippen molar-refractivity contribution in [3.05, 3.63) is 0 Å². The Kier molecular flexibility index (Phi) is 4.83. The molecule has 1 heterocycles. The van der Waals surface area contributed by atoms with E-state index in [9.17, 15) is 9.59 Å². The quantitative estimate of drug-likeness (QED) is 0.847. The Labute approximate surface area is 115 Å². The smallest absolute Gasteiger partial charge is 0.225 e. The van der Waals surface area contributed by atoms with Crippen LogP contribution >= 0.6 is 0 Å². The predicted molar refractivity (Wildman–Crippen MR) is 74.6 cm³/mol. The van der Waals surface area contributed by atoms with Crippen LogP contribution in [-0.2, 0) is 9.59 Å². The normalized spacial score (nSPS) is 26.5. The SMILES string of the molecule is CC[C@@H](C)NC(=O)[C@@H]1CC(=O)N(C2CCCCC2)C1. The molecule has 0 radical (unpaired) electrons. The van der Waals surface area contributed by atoms with Crippen LogP contribution in [0, 0.1) is 5.92 Å². The highest BCUT2D eigenvalue weighted by molar-refractivity contribution is 5.89. The van der Waals surface area contributed by atoms with Crippen molar-refractivity contribution in [2.45, 2.75) is 70.9 Å². The number of carbonyl (C=O) groups is 2. The fourth-order valence-electron chi connectivity index (χ4n) is 3.12. The molecule has 0 bridgehead atoms. The maximum atomic E-state index is 12.1. The number of nitrogens with zero attached hydrogens (tertiary/aromatic N) is 1. The zero-order valence-corrected chi connectivity index (χ0v) is 12.2. The van der Waals surface area contributed by atoms with E-state index in [0.29, 0.717) is 19.0 Å². The molecule has 2 rings (SSSR count). The van der Waals surface area contributed by atoms with Gasteiger partial charge in [-0.2, -0.15) is 0 Å². The molecule has 0 aromatic rings. The summed E-state index contributed by atoms with van der Waals surface area (Å²) < 4.78 is 0. The first-order chi connectivity index (χ1) is 9.11. The van der Waals surface area contributed by atoms with E-state index in [-0.39, 0.29) is 23.8 Å². The van der Waals surface area contributed by atoms with Crippen LogP contribution in [0.15, 0.2) is 0 Å². The molecule has 2 fully saturated rings. The second-order valence-corrected chi connectivity index (χ2v) is 6.06. The molecule has 2 atom stereocenters. The van der Waals surface area contributed by atoms with Crippen LogP contribution in [0.1, 0.15) is 58.8 Å². The molecule has 19 heavy (non-hydrogen) atoms. The fourth-order valence-corrected chi connectivity index (χ4v) is 3.12. The van der Waals surface area contributed by atoms with E-state index < -0.39 is 0 Å². The van der Waals surface area contributed by atoms with Crippen molar-refractivity contribution in [1.29, 1.82) is 0 Å². The monoisotopic (exact) mass is 266 g/mol. The molecule has 4 heteroatoms. The summed E-state index contributed by atoms with van der Waals surface area (Å²) in [7, 11) is 0. The summed E-state index contributed by atoms with van der Waals surface area (Å²) in [6.45, 7) is 4.69. The maximum Gasteiger partial charge on any atom is 0.225 e. The Morgan fingerprint density at radius 2 is 2.05 bits per heavy atom. The highest BCUT2D eigenvalue weighted by atomic mass is 16.2. The molecule has 4 nitrogen and oxygen atoms in total. The van der Waals surface area contributed by atoms with Gasteiger partial charge in [-0.15, -0.1) is 0 Å². The van der Waals surface area contributed by atoms with Crippen molar-refractivity contribution in [3.8, 4) is 0 Å². The van der Waals surface area contributed by atoms with E-state index in [0.717, 1.165) is 19.3 Å². The molecule has 1 saturated heterocycles. The van der Waals surface area contributed by atoms with E-state index in [1.807, 2.05) is 11.8 Å². The summed E-state index contributed by atoms with van der Waals surface area (Å²) >= 11 is 0. The second-order valence-electron chi connectivity index (χ2n) is 6.06. The third-order valence-corrected chi connectivity index (χ3v) is 4.55. The summed E-state index contributed by atoms with van der Waals surface area (Å²) in [5.41, 5.74) is 0. The Morgan fingerprint density at radius 1 is 1.37 bits per heavy atom. The maximum absolute atomic E-state index is 12.1. The summed E-state index contributed by atoms with van der Waals surface area (Å²) in [5.74, 6) is 0.0978. The molecule has 108 valence electrons. The second kappa shape index (κ2) is 6.40. The number of hydrogen-bond donors (Lipinski definition) is 1. The highest BCUT2D eigenvalue weighted by Crippen LogP contribution is 2.28. The first kappa shape index (κ1) is 14.4. The van der Waals surface area contributed by atoms with Crippen LogP contribution < -0.4 is 5.32 Å². The van der Waals surface area contributed by atoms with Crippen LogP contribution in [0.3, 0.4) is 0 Å². The fraction of sp³-hybridized carbons (Fsp3) is 0.867. The highest BCUT2D eigenvalue weighted by Gasteiger charge is 2.38. The number of carbonyl (C=O) groups excluding carboxylic acids is 2. The Hall–Kier alpha value is -1.06. The number of likely N-dealkylation sites (tertiary alicyclic amines) is 1. The molecular weight excluding hydrogens is 240 g/mol. The molecule has 0 unspecified atom stereocenters. The van der Waals surface area contributed by atoms with E-state index >= 15 is 0 Å². The summed E-state index contributed by atoms with van der Waals surface area (Å²) in [6, 6.07) is 0.592. The van der Waals surface area contributed by atoms with Crippen LogP contribution in [-0.4, -0.2) is 35.3 Å². The summed E-state index contributed by atoms with van der Waals surface area (Å²) in [5, 5.41) is 3.00. The van der Waals surface area contributed by atoms with Gasteiger partial charge in [0.2, 0.25) is 11.8 Å². The molecule has 0 aromatic heterocycles. The van der Waals surface area contributed by atoms with Gasteiger partial charge < -0.3 is 10.2 Å². The minimum atomic E-state index is -0.136. The first-order valence-corrected chi connectivity index (χ1v) is 7.71. The van der Waals surface area contributed by atoms with E-state index in [1.165, 1.54) is 19.3 Å². The van der Waals surface area contributed by atoms with Gasteiger partial charge in [-0.25, -0.2) is 0 Å². The first-order valence-electron chi connectivity index (χ1n) is 7.71. The van der Waals surface area contributed by atoms with Gasteiger partial charge >= 0.3 is 0 Å². The zero-order valence-electron chi connectivity index (χ0n) is 12.2. The van der Waals surface area contributed by atoms with E-state index in [4.69, 9.17) is 0 Å². The minimum absolute atomic E-state index is 0.0565. The van der Waals surface area contributed by atoms with Crippen LogP contribution in [0.4, 0.5) is 0 Å². The minimum Gasteiger partial charge on any atom is -0.353 e. The Morgan fingerprint density at radius 3 is 2.68 bits per heavy atom. The van der Waals surface area contributed by atoms with E-state index in [2.05, 4.69) is 12.2 Å². The zero-order chi connectivity index (χ0) is 13.8. The van der Waals surface area contributed by atoms with Crippen LogP contribution in [0.5, 0.6) is 0 Å². The van der Waals surface area contributed by atoms with Crippen LogP contribution in [0.2, 0.25) is 0 Å². The molecule has 0 aromatic carbocycles. The summed E-state index contributed by atoms with van der Waals surface area (Å²) in [4.78, 5) is 26.2. The number of rotatable bonds is 4. The van der Waals surface area contributed by atoms with Crippen molar-refractivity contribution >= 4 is 11.8 Å². The third kappa shape index (κ3) is 3.48. The Bertz CT molecular complexity index is 337. The number of nitrogens with one attached hydrogen (secondary N) is 1. The van der Waals surface area contributed by atoms with Gasteiger partial charge in [0.25, 0.3) is 0 Å². The predicted octanol–water partition coefficient (Wildman–Crippen LogP) is 2.08. The number of hydrogen-bond acceptors (Lipinski definition) is 2. The van der Waals surface area contributed by atoms with Gasteiger partial charge in [-0.3, -0.25) is 9.59 Å². The molecule has 1 aliphatic carbocycles. The molecular formula is C15H26N2O2. The van der Waals surface area contributed by atoms with Gasteiger partial charge in [0.1, 0.15) is 0 Å². The van der Waals surface area contributed by atoms with Crippen molar-refractivity contribution in [2.75, 3.05) is 6.54 Å².